The second-order valence-electron chi connectivity index (χ2n) is 6.51. The molecule has 1 aliphatic rings. The average Bonchev–Trinajstić information content (AvgIpc) is 2.49. The van der Waals surface area contributed by atoms with E-state index in [2.05, 4.69) is 0 Å². The number of aromatic carboxylic acids is 1. The second kappa shape index (κ2) is 4.77. The first-order valence-corrected chi connectivity index (χ1v) is 6.82. The fraction of sp³-hybridized carbons (Fsp3) is 0.562. The van der Waals surface area contributed by atoms with E-state index < -0.39 is 11.6 Å². The van der Waals surface area contributed by atoms with E-state index in [1.54, 1.807) is 19.1 Å². The Morgan fingerprint density at radius 1 is 1.35 bits per heavy atom. The zero-order chi connectivity index (χ0) is 15.1. The fourth-order valence-corrected chi connectivity index (χ4v) is 2.82. The Balaban J connectivity index is 2.27. The van der Waals surface area contributed by atoms with Crippen molar-refractivity contribution in [2.24, 2.45) is 0 Å². The Labute approximate surface area is 119 Å². The summed E-state index contributed by atoms with van der Waals surface area (Å²) in [4.78, 5) is 11.2. The highest BCUT2D eigenvalue weighted by Gasteiger charge is 2.47. The maximum Gasteiger partial charge on any atom is 0.336 e. The van der Waals surface area contributed by atoms with Crippen molar-refractivity contribution in [3.8, 4) is 5.75 Å². The number of hydrogen-bond acceptors (Lipinski definition) is 3. The van der Waals surface area contributed by atoms with E-state index in [0.29, 0.717) is 11.3 Å². The van der Waals surface area contributed by atoms with Gasteiger partial charge in [-0.2, -0.15) is 0 Å². The largest absolute Gasteiger partial charge is 0.487 e. The van der Waals surface area contributed by atoms with Crippen LogP contribution in [0.1, 0.15) is 50.0 Å². The Hall–Kier alpha value is -1.55. The molecule has 1 heterocycles. The van der Waals surface area contributed by atoms with Crippen molar-refractivity contribution in [1.29, 1.82) is 0 Å². The van der Waals surface area contributed by atoms with Crippen LogP contribution in [-0.2, 0) is 4.74 Å². The summed E-state index contributed by atoms with van der Waals surface area (Å²) in [6, 6.07) is 5.10. The smallest absolute Gasteiger partial charge is 0.336 e. The van der Waals surface area contributed by atoms with Crippen LogP contribution >= 0.6 is 0 Å². The maximum absolute atomic E-state index is 11.2. The van der Waals surface area contributed by atoms with Crippen molar-refractivity contribution in [3.63, 3.8) is 0 Å². The maximum atomic E-state index is 11.2. The number of carboxylic acids is 1. The summed E-state index contributed by atoms with van der Waals surface area (Å²) < 4.78 is 12.1. The minimum absolute atomic E-state index is 0.0970. The quantitative estimate of drug-likeness (QED) is 0.920. The van der Waals surface area contributed by atoms with E-state index in [-0.39, 0.29) is 17.3 Å². The lowest BCUT2D eigenvalue weighted by Gasteiger charge is -2.28. The van der Waals surface area contributed by atoms with E-state index in [1.807, 2.05) is 33.8 Å². The lowest BCUT2D eigenvalue weighted by atomic mass is 9.97. The highest BCUT2D eigenvalue weighted by molar-refractivity contribution is 5.90. The SMILES string of the molecule is Cc1c(OC2CC(C)(C)OC2(C)C)cccc1C(=O)O. The molecular formula is C16H22O4. The Morgan fingerprint density at radius 2 is 2.00 bits per heavy atom. The zero-order valence-corrected chi connectivity index (χ0v) is 12.7. The van der Waals surface area contributed by atoms with Crippen molar-refractivity contribution in [2.45, 2.75) is 58.3 Å². The van der Waals surface area contributed by atoms with E-state index in [0.717, 1.165) is 6.42 Å². The fourth-order valence-electron chi connectivity index (χ4n) is 2.82. The third kappa shape index (κ3) is 2.80. The zero-order valence-electron chi connectivity index (χ0n) is 12.7. The number of rotatable bonds is 3. The van der Waals surface area contributed by atoms with Gasteiger partial charge in [0.25, 0.3) is 0 Å². The topological polar surface area (TPSA) is 55.8 Å². The molecule has 1 aliphatic heterocycles. The molecule has 2 rings (SSSR count). The van der Waals surface area contributed by atoms with Crippen molar-refractivity contribution in [2.75, 3.05) is 0 Å². The van der Waals surface area contributed by atoms with Gasteiger partial charge in [0.05, 0.1) is 11.2 Å². The summed E-state index contributed by atoms with van der Waals surface area (Å²) in [6.45, 7) is 9.86. The van der Waals surface area contributed by atoms with Gasteiger partial charge in [-0.1, -0.05) is 6.07 Å². The van der Waals surface area contributed by atoms with Crippen molar-refractivity contribution in [1.82, 2.24) is 0 Å². The molecule has 0 spiro atoms. The molecule has 1 saturated heterocycles. The molecule has 1 aromatic carbocycles. The molecule has 1 atom stereocenters. The van der Waals surface area contributed by atoms with Crippen LogP contribution in [0, 0.1) is 6.92 Å². The molecule has 110 valence electrons. The van der Waals surface area contributed by atoms with Crippen molar-refractivity contribution in [3.05, 3.63) is 29.3 Å². The van der Waals surface area contributed by atoms with Crippen LogP contribution in [0.5, 0.6) is 5.75 Å². The van der Waals surface area contributed by atoms with Crippen LogP contribution in [0.3, 0.4) is 0 Å². The van der Waals surface area contributed by atoms with E-state index in [4.69, 9.17) is 14.6 Å². The van der Waals surface area contributed by atoms with E-state index in [9.17, 15) is 4.79 Å². The minimum atomic E-state index is -0.935. The Kier molecular flexibility index (Phi) is 3.54. The van der Waals surface area contributed by atoms with Gasteiger partial charge in [-0.25, -0.2) is 4.79 Å². The van der Waals surface area contributed by atoms with Gasteiger partial charge in [-0.15, -0.1) is 0 Å². The van der Waals surface area contributed by atoms with E-state index >= 15 is 0 Å². The van der Waals surface area contributed by atoms with Crippen LogP contribution in [0.15, 0.2) is 18.2 Å². The molecular weight excluding hydrogens is 256 g/mol. The predicted octanol–water partition coefficient (Wildman–Crippen LogP) is 3.42. The second-order valence-corrected chi connectivity index (χ2v) is 6.51. The Bertz CT molecular complexity index is 531. The van der Waals surface area contributed by atoms with Gasteiger partial charge in [0, 0.05) is 12.0 Å². The first kappa shape index (κ1) is 14.9. The highest BCUT2D eigenvalue weighted by Crippen LogP contribution is 2.40. The summed E-state index contributed by atoms with van der Waals surface area (Å²) in [7, 11) is 0. The minimum Gasteiger partial charge on any atom is -0.487 e. The molecule has 0 radical (unpaired) electrons. The van der Waals surface area contributed by atoms with Gasteiger partial charge < -0.3 is 14.6 Å². The predicted molar refractivity (Wildman–Crippen MR) is 76.4 cm³/mol. The average molecular weight is 278 g/mol. The summed E-state index contributed by atoms with van der Waals surface area (Å²) in [5.74, 6) is -0.320. The molecule has 20 heavy (non-hydrogen) atoms. The molecule has 0 aliphatic carbocycles. The third-order valence-corrected chi connectivity index (χ3v) is 3.78. The first-order chi connectivity index (χ1) is 9.12. The summed E-state index contributed by atoms with van der Waals surface area (Å²) in [5.41, 5.74) is 0.306. The molecule has 4 heteroatoms. The molecule has 0 aromatic heterocycles. The molecule has 0 saturated carbocycles. The number of benzene rings is 1. The van der Waals surface area contributed by atoms with Crippen LogP contribution < -0.4 is 4.74 Å². The number of hydrogen-bond donors (Lipinski definition) is 1. The van der Waals surface area contributed by atoms with Crippen LogP contribution in [-0.4, -0.2) is 28.4 Å². The summed E-state index contributed by atoms with van der Waals surface area (Å²) in [6.07, 6.45) is 0.678. The van der Waals surface area contributed by atoms with Crippen molar-refractivity contribution < 1.29 is 19.4 Å². The normalized spacial score (nSPS) is 23.6. The molecule has 4 nitrogen and oxygen atoms in total. The van der Waals surface area contributed by atoms with Gasteiger partial charge in [-0.05, 0) is 46.8 Å². The molecule has 1 N–H and O–H groups in total. The van der Waals surface area contributed by atoms with Crippen molar-refractivity contribution >= 4 is 5.97 Å². The summed E-state index contributed by atoms with van der Waals surface area (Å²) >= 11 is 0. The van der Waals surface area contributed by atoms with Crippen LogP contribution in [0.25, 0.3) is 0 Å². The van der Waals surface area contributed by atoms with Crippen LogP contribution in [0.2, 0.25) is 0 Å². The lowest BCUT2D eigenvalue weighted by molar-refractivity contribution is -0.0846. The standard InChI is InChI=1S/C16H22O4/c1-10-11(14(17)18)7-6-8-12(10)19-13-9-15(2,3)20-16(13,4)5/h6-8,13H,9H2,1-5H3,(H,17,18). The Morgan fingerprint density at radius 3 is 2.50 bits per heavy atom. The number of ether oxygens (including phenoxy) is 2. The molecule has 0 amide bonds. The van der Waals surface area contributed by atoms with Gasteiger partial charge in [0.2, 0.25) is 0 Å². The molecule has 1 fully saturated rings. The number of carbonyl (C=O) groups is 1. The van der Waals surface area contributed by atoms with Gasteiger partial charge >= 0.3 is 5.97 Å². The monoisotopic (exact) mass is 278 g/mol. The number of carboxylic acid groups (broad SMARTS) is 1. The van der Waals surface area contributed by atoms with Gasteiger partial charge in [0.15, 0.2) is 0 Å². The lowest BCUT2D eigenvalue weighted by Crippen LogP contribution is -2.36. The highest BCUT2D eigenvalue weighted by atomic mass is 16.6. The molecule has 1 aromatic rings. The molecule has 1 unspecified atom stereocenters. The van der Waals surface area contributed by atoms with Gasteiger partial charge in [0.1, 0.15) is 17.5 Å². The molecule has 0 bridgehead atoms. The van der Waals surface area contributed by atoms with Crippen LogP contribution in [0.4, 0.5) is 0 Å². The third-order valence-electron chi connectivity index (χ3n) is 3.78. The van der Waals surface area contributed by atoms with Gasteiger partial charge in [-0.3, -0.25) is 0 Å². The first-order valence-electron chi connectivity index (χ1n) is 6.82. The summed E-state index contributed by atoms with van der Waals surface area (Å²) in [5, 5.41) is 9.16. The van der Waals surface area contributed by atoms with E-state index in [1.165, 1.54) is 0 Å².